The predicted molar refractivity (Wildman–Crippen MR) is 158 cm³/mol. The van der Waals surface area contributed by atoms with Crippen LogP contribution in [0.15, 0.2) is 24.3 Å². The standard InChI is InChI=1S/C30H33IN4O4/c1-6-7-26(36)35(24-14-17(2)22(31)15-20(24)18-8-9-18)25-13-12-23-27(32-25)28(33-34(23)5)39-19-10-11-21(29(37)38)30(3,4)16-19/h12-15,18-19,21H,8-11,16H2,1-5H3,(H,37,38)/t19-,21-/m1/s1. The van der Waals surface area contributed by atoms with E-state index in [2.05, 4.69) is 51.7 Å². The molecule has 9 heteroatoms. The van der Waals surface area contributed by atoms with Crippen LogP contribution in [0.4, 0.5) is 11.5 Å². The van der Waals surface area contributed by atoms with Crippen LogP contribution in [-0.2, 0) is 16.6 Å². The molecule has 2 fully saturated rings. The van der Waals surface area contributed by atoms with Crippen molar-refractivity contribution < 1.29 is 19.4 Å². The molecule has 0 aliphatic heterocycles. The summed E-state index contributed by atoms with van der Waals surface area (Å²) in [5.74, 6) is 5.23. The number of hydrogen-bond donors (Lipinski definition) is 1. The summed E-state index contributed by atoms with van der Waals surface area (Å²) < 4.78 is 9.27. The van der Waals surface area contributed by atoms with Crippen molar-refractivity contribution in [2.75, 3.05) is 4.90 Å². The van der Waals surface area contributed by atoms with Crippen LogP contribution < -0.4 is 9.64 Å². The molecule has 5 rings (SSSR count). The minimum absolute atomic E-state index is 0.178. The first-order valence-electron chi connectivity index (χ1n) is 13.3. The first kappa shape index (κ1) is 27.4. The highest BCUT2D eigenvalue weighted by molar-refractivity contribution is 14.1. The smallest absolute Gasteiger partial charge is 0.308 e. The van der Waals surface area contributed by atoms with Gasteiger partial charge in [0.1, 0.15) is 11.9 Å². The Morgan fingerprint density at radius 2 is 1.95 bits per heavy atom. The summed E-state index contributed by atoms with van der Waals surface area (Å²) in [5.41, 5.74) is 3.98. The van der Waals surface area contributed by atoms with E-state index in [1.54, 1.807) is 16.5 Å². The summed E-state index contributed by atoms with van der Waals surface area (Å²) in [6.07, 6.45) is 3.79. The predicted octanol–water partition coefficient (Wildman–Crippen LogP) is 6.11. The molecule has 1 N–H and O–H groups in total. The highest BCUT2D eigenvalue weighted by Gasteiger charge is 2.42. The van der Waals surface area contributed by atoms with E-state index in [0.717, 1.165) is 35.2 Å². The number of ether oxygens (including phenoxy) is 1. The van der Waals surface area contributed by atoms with Crippen molar-refractivity contribution in [1.82, 2.24) is 14.8 Å². The van der Waals surface area contributed by atoms with Gasteiger partial charge in [-0.15, -0.1) is 5.10 Å². The molecule has 2 aliphatic rings. The number of carbonyl (C=O) groups is 2. The molecule has 2 aromatic heterocycles. The topological polar surface area (TPSA) is 97.6 Å². The highest BCUT2D eigenvalue weighted by Crippen LogP contribution is 2.47. The van der Waals surface area contributed by atoms with Crippen LogP contribution in [-0.4, -0.2) is 37.9 Å². The molecule has 0 unspecified atom stereocenters. The summed E-state index contributed by atoms with van der Waals surface area (Å²) in [6.45, 7) is 7.65. The quantitative estimate of drug-likeness (QED) is 0.258. The molecule has 2 aliphatic carbocycles. The number of carboxylic acids is 1. The van der Waals surface area contributed by atoms with E-state index in [0.29, 0.717) is 42.4 Å². The number of benzene rings is 1. The molecule has 0 saturated heterocycles. The van der Waals surface area contributed by atoms with Gasteiger partial charge in [0.15, 0.2) is 5.52 Å². The van der Waals surface area contributed by atoms with E-state index in [-0.39, 0.29) is 12.0 Å². The molecule has 3 aromatic rings. The Hall–Kier alpha value is -3.13. The third kappa shape index (κ3) is 5.36. The van der Waals surface area contributed by atoms with Gasteiger partial charge in [0.2, 0.25) is 0 Å². The summed E-state index contributed by atoms with van der Waals surface area (Å²) >= 11 is 2.34. The number of amides is 1. The fourth-order valence-electron chi connectivity index (χ4n) is 5.69. The van der Waals surface area contributed by atoms with Gasteiger partial charge < -0.3 is 9.84 Å². The van der Waals surface area contributed by atoms with Gasteiger partial charge in [-0.25, -0.2) is 4.98 Å². The molecule has 2 heterocycles. The monoisotopic (exact) mass is 640 g/mol. The van der Waals surface area contributed by atoms with Crippen molar-refractivity contribution in [1.29, 1.82) is 0 Å². The third-order valence-electron chi connectivity index (χ3n) is 7.93. The van der Waals surface area contributed by atoms with Crippen LogP contribution in [0.1, 0.15) is 69.9 Å². The molecule has 2 atom stereocenters. The number of hydrogen-bond acceptors (Lipinski definition) is 5. The maximum Gasteiger partial charge on any atom is 0.308 e. The lowest BCUT2D eigenvalue weighted by atomic mass is 9.68. The summed E-state index contributed by atoms with van der Waals surface area (Å²) in [4.78, 5) is 31.7. The number of aliphatic carboxylic acids is 1. The van der Waals surface area contributed by atoms with Crippen LogP contribution in [0, 0.1) is 33.7 Å². The van der Waals surface area contributed by atoms with Gasteiger partial charge in [0.05, 0.1) is 17.1 Å². The molecule has 39 heavy (non-hydrogen) atoms. The average Bonchev–Trinajstić information content (AvgIpc) is 3.66. The zero-order valence-corrected chi connectivity index (χ0v) is 25.1. The minimum Gasteiger partial charge on any atom is -0.481 e. The van der Waals surface area contributed by atoms with Gasteiger partial charge in [-0.2, -0.15) is 0 Å². The van der Waals surface area contributed by atoms with Gasteiger partial charge >= 0.3 is 11.9 Å². The SMILES string of the molecule is CC#CC(=O)N(c1ccc2c(n1)c(O[C@@H]1CC[C@H](C(=O)O)C(C)(C)C1)nn2C)c1cc(C)c(I)cc1C1CC1. The lowest BCUT2D eigenvalue weighted by molar-refractivity contribution is -0.149. The Kier molecular flexibility index (Phi) is 7.35. The Bertz CT molecular complexity index is 1530. The molecule has 204 valence electrons. The molecular weight excluding hydrogens is 607 g/mol. The zero-order valence-electron chi connectivity index (χ0n) is 22.9. The molecule has 1 amide bonds. The number of pyridine rings is 1. The number of aromatic nitrogens is 3. The van der Waals surface area contributed by atoms with E-state index >= 15 is 0 Å². The third-order valence-corrected chi connectivity index (χ3v) is 9.09. The molecule has 8 nitrogen and oxygen atoms in total. The summed E-state index contributed by atoms with van der Waals surface area (Å²) in [6, 6.07) is 7.96. The Morgan fingerprint density at radius 1 is 1.21 bits per heavy atom. The summed E-state index contributed by atoms with van der Waals surface area (Å²) in [5, 5.41) is 14.2. The van der Waals surface area contributed by atoms with Gasteiger partial charge in [0, 0.05) is 10.6 Å². The molecule has 2 saturated carbocycles. The van der Waals surface area contributed by atoms with Crippen molar-refractivity contribution in [3.8, 4) is 17.7 Å². The molecule has 1 aromatic carbocycles. The van der Waals surface area contributed by atoms with E-state index < -0.39 is 17.3 Å². The first-order valence-corrected chi connectivity index (χ1v) is 14.4. The number of aryl methyl sites for hydroxylation is 2. The van der Waals surface area contributed by atoms with Gasteiger partial charge in [-0.05, 0) is 121 Å². The number of fused-ring (bicyclic) bond motifs is 1. The van der Waals surface area contributed by atoms with Crippen LogP contribution in [0.5, 0.6) is 5.88 Å². The van der Waals surface area contributed by atoms with Crippen molar-refractivity contribution in [2.24, 2.45) is 18.4 Å². The number of rotatable bonds is 6. The lowest BCUT2D eigenvalue weighted by Crippen LogP contribution is -2.41. The second-order valence-corrected chi connectivity index (χ2v) is 12.5. The van der Waals surface area contributed by atoms with Crippen molar-refractivity contribution in [3.05, 3.63) is 39.0 Å². The maximum atomic E-state index is 13.4. The number of anilines is 2. The van der Waals surface area contributed by atoms with Crippen LogP contribution in [0.25, 0.3) is 11.0 Å². The highest BCUT2D eigenvalue weighted by atomic mass is 127. The number of carboxylic acid groups (broad SMARTS) is 1. The fraction of sp³-hybridized carbons (Fsp3) is 0.467. The van der Waals surface area contributed by atoms with E-state index in [9.17, 15) is 14.7 Å². The lowest BCUT2D eigenvalue weighted by Gasteiger charge is -2.39. The number of halogens is 1. The van der Waals surface area contributed by atoms with Gasteiger partial charge in [0.25, 0.3) is 5.88 Å². The van der Waals surface area contributed by atoms with Crippen molar-refractivity contribution in [3.63, 3.8) is 0 Å². The zero-order chi connectivity index (χ0) is 28.1. The van der Waals surface area contributed by atoms with E-state index in [4.69, 9.17) is 9.72 Å². The van der Waals surface area contributed by atoms with E-state index in [1.165, 1.54) is 3.57 Å². The van der Waals surface area contributed by atoms with Crippen LogP contribution in [0.3, 0.4) is 0 Å². The number of nitrogens with zero attached hydrogens (tertiary/aromatic N) is 4. The molecule has 0 bridgehead atoms. The minimum atomic E-state index is -0.760. The van der Waals surface area contributed by atoms with E-state index in [1.807, 2.05) is 40.0 Å². The second kappa shape index (κ2) is 10.5. The van der Waals surface area contributed by atoms with Crippen LogP contribution >= 0.6 is 22.6 Å². The normalized spacial score (nSPS) is 20.3. The Balaban J connectivity index is 1.55. The summed E-state index contributed by atoms with van der Waals surface area (Å²) in [7, 11) is 1.83. The largest absolute Gasteiger partial charge is 0.481 e. The Morgan fingerprint density at radius 3 is 2.59 bits per heavy atom. The van der Waals surface area contributed by atoms with Crippen molar-refractivity contribution >= 4 is 57.0 Å². The molecular formula is C30H33IN4O4. The Labute approximate surface area is 242 Å². The fourth-order valence-corrected chi connectivity index (χ4v) is 6.18. The maximum absolute atomic E-state index is 13.4. The van der Waals surface area contributed by atoms with Crippen LogP contribution in [0.2, 0.25) is 0 Å². The molecule has 0 radical (unpaired) electrons. The first-order chi connectivity index (χ1) is 18.5. The number of carbonyl (C=O) groups excluding carboxylic acids is 1. The second-order valence-electron chi connectivity index (χ2n) is 11.3. The molecule has 0 spiro atoms. The van der Waals surface area contributed by atoms with Crippen molar-refractivity contribution in [2.45, 2.75) is 71.8 Å². The van der Waals surface area contributed by atoms with Gasteiger partial charge in [-0.1, -0.05) is 19.8 Å². The van der Waals surface area contributed by atoms with Gasteiger partial charge in [-0.3, -0.25) is 19.2 Å². The average molecular weight is 641 g/mol.